The second kappa shape index (κ2) is 5.57. The van der Waals surface area contributed by atoms with Gasteiger partial charge in [0.15, 0.2) is 0 Å². The van der Waals surface area contributed by atoms with Crippen molar-refractivity contribution in [2.24, 2.45) is 0 Å². The number of thiophene rings is 1. The van der Waals surface area contributed by atoms with E-state index in [9.17, 15) is 9.59 Å². The van der Waals surface area contributed by atoms with Crippen molar-refractivity contribution in [2.45, 2.75) is 13.0 Å². The third-order valence-corrected chi connectivity index (χ3v) is 4.25. The van der Waals surface area contributed by atoms with Crippen LogP contribution in [0.15, 0.2) is 45.3 Å². The quantitative estimate of drug-likeness (QED) is 0.802. The maximum Gasteiger partial charge on any atom is 0.328 e. The van der Waals surface area contributed by atoms with E-state index >= 15 is 0 Å². The third-order valence-electron chi connectivity index (χ3n) is 3.35. The number of benzene rings is 1. The van der Waals surface area contributed by atoms with Crippen molar-refractivity contribution in [3.05, 3.63) is 62.1 Å². The van der Waals surface area contributed by atoms with Crippen molar-refractivity contribution >= 4 is 21.6 Å². The van der Waals surface area contributed by atoms with Crippen LogP contribution in [0, 0.1) is 0 Å². The van der Waals surface area contributed by atoms with Gasteiger partial charge in [-0.3, -0.25) is 9.36 Å². The van der Waals surface area contributed by atoms with E-state index in [0.29, 0.717) is 23.2 Å². The molecule has 0 aliphatic rings. The predicted octanol–water partition coefficient (Wildman–Crippen LogP) is 2.00. The van der Waals surface area contributed by atoms with E-state index in [1.165, 1.54) is 15.9 Å². The molecule has 0 saturated carbocycles. The molecule has 0 aliphatic heterocycles. The number of fused-ring (bicyclic) bond motifs is 1. The topological polar surface area (TPSA) is 64.1 Å². The highest BCUT2D eigenvalue weighted by atomic mass is 32.1. The van der Waals surface area contributed by atoms with Gasteiger partial charge in [0.2, 0.25) is 0 Å². The molecule has 0 unspecified atom stereocenters. The Kier molecular flexibility index (Phi) is 3.62. The molecule has 5 nitrogen and oxygen atoms in total. The molecule has 2 aromatic heterocycles. The van der Waals surface area contributed by atoms with Gasteiger partial charge in [-0.05, 0) is 35.6 Å². The molecule has 0 fully saturated rings. The van der Waals surface area contributed by atoms with Crippen molar-refractivity contribution in [1.82, 2.24) is 9.55 Å². The Labute approximate surface area is 124 Å². The minimum absolute atomic E-state index is 0.230. The van der Waals surface area contributed by atoms with Crippen LogP contribution in [0.2, 0.25) is 0 Å². The van der Waals surface area contributed by atoms with Gasteiger partial charge in [0, 0.05) is 6.54 Å². The van der Waals surface area contributed by atoms with Gasteiger partial charge in [-0.1, -0.05) is 12.1 Å². The number of aryl methyl sites for hydroxylation is 1. The van der Waals surface area contributed by atoms with Crippen LogP contribution in [0.1, 0.15) is 5.56 Å². The molecule has 6 heteroatoms. The average Bonchev–Trinajstić information content (AvgIpc) is 2.95. The lowest BCUT2D eigenvalue weighted by Crippen LogP contribution is -2.35. The first-order valence-electron chi connectivity index (χ1n) is 6.52. The number of hydrogen-bond acceptors (Lipinski definition) is 4. The molecule has 0 radical (unpaired) electrons. The highest BCUT2D eigenvalue weighted by Crippen LogP contribution is 2.14. The van der Waals surface area contributed by atoms with E-state index in [2.05, 4.69) is 4.98 Å². The first kappa shape index (κ1) is 13.6. The first-order valence-corrected chi connectivity index (χ1v) is 7.40. The number of nitrogens with one attached hydrogen (secondary N) is 1. The van der Waals surface area contributed by atoms with E-state index in [-0.39, 0.29) is 11.2 Å². The van der Waals surface area contributed by atoms with Crippen LogP contribution in [-0.4, -0.2) is 16.7 Å². The molecule has 2 heterocycles. The minimum Gasteiger partial charge on any atom is -0.497 e. The van der Waals surface area contributed by atoms with Crippen LogP contribution < -0.4 is 16.0 Å². The van der Waals surface area contributed by atoms with Crippen LogP contribution in [0.25, 0.3) is 10.2 Å². The molecular weight excluding hydrogens is 288 g/mol. The van der Waals surface area contributed by atoms with E-state index in [1.54, 1.807) is 18.6 Å². The van der Waals surface area contributed by atoms with Gasteiger partial charge in [-0.25, -0.2) is 4.79 Å². The largest absolute Gasteiger partial charge is 0.497 e. The minimum atomic E-state index is -0.367. The SMILES string of the molecule is COc1cccc(CCn2c(=O)[nH]c3ccsc3c2=O)c1. The fraction of sp³-hybridized carbons (Fsp3) is 0.200. The summed E-state index contributed by atoms with van der Waals surface area (Å²) in [6.07, 6.45) is 0.594. The number of aromatic amines is 1. The van der Waals surface area contributed by atoms with Crippen LogP contribution in [0.5, 0.6) is 5.75 Å². The summed E-state index contributed by atoms with van der Waals surface area (Å²) in [6.45, 7) is 0.342. The second-order valence-electron chi connectivity index (χ2n) is 4.65. The number of nitrogens with zero attached hydrogens (tertiary/aromatic N) is 1. The Morgan fingerprint density at radius 2 is 2.14 bits per heavy atom. The van der Waals surface area contributed by atoms with Gasteiger partial charge in [-0.15, -0.1) is 11.3 Å². The van der Waals surface area contributed by atoms with Gasteiger partial charge in [0.25, 0.3) is 5.56 Å². The highest BCUT2D eigenvalue weighted by Gasteiger charge is 2.08. The van der Waals surface area contributed by atoms with Crippen molar-refractivity contribution in [3.8, 4) is 5.75 Å². The van der Waals surface area contributed by atoms with Gasteiger partial charge in [0.05, 0.1) is 12.6 Å². The monoisotopic (exact) mass is 302 g/mol. The zero-order valence-electron chi connectivity index (χ0n) is 11.5. The fourth-order valence-electron chi connectivity index (χ4n) is 2.24. The Morgan fingerprint density at radius 1 is 1.29 bits per heavy atom. The van der Waals surface area contributed by atoms with Crippen LogP contribution >= 0.6 is 11.3 Å². The van der Waals surface area contributed by atoms with Gasteiger partial charge >= 0.3 is 5.69 Å². The van der Waals surface area contributed by atoms with Crippen molar-refractivity contribution in [2.75, 3.05) is 7.11 Å². The Bertz CT molecular complexity index is 892. The molecule has 1 aromatic carbocycles. The second-order valence-corrected chi connectivity index (χ2v) is 5.57. The molecule has 108 valence electrons. The Hall–Kier alpha value is -2.34. The standard InChI is InChI=1S/C15H14N2O3S/c1-20-11-4-2-3-10(9-11)5-7-17-14(18)13-12(6-8-21-13)16-15(17)19/h2-4,6,8-9H,5,7H2,1H3,(H,16,19). The van der Waals surface area contributed by atoms with Gasteiger partial charge in [-0.2, -0.15) is 0 Å². The van der Waals surface area contributed by atoms with Crippen LogP contribution in [-0.2, 0) is 13.0 Å². The maximum absolute atomic E-state index is 12.3. The van der Waals surface area contributed by atoms with Gasteiger partial charge < -0.3 is 9.72 Å². The molecule has 0 bridgehead atoms. The molecule has 0 saturated heterocycles. The zero-order valence-corrected chi connectivity index (χ0v) is 12.3. The molecule has 21 heavy (non-hydrogen) atoms. The molecule has 1 N–H and O–H groups in total. The van der Waals surface area contributed by atoms with E-state index in [4.69, 9.17) is 4.74 Å². The van der Waals surface area contributed by atoms with E-state index in [1.807, 2.05) is 24.3 Å². The van der Waals surface area contributed by atoms with Crippen molar-refractivity contribution in [1.29, 1.82) is 0 Å². The fourth-order valence-corrected chi connectivity index (χ4v) is 3.04. The summed E-state index contributed by atoms with van der Waals surface area (Å²) >= 11 is 1.34. The summed E-state index contributed by atoms with van der Waals surface area (Å²) < 4.78 is 7.00. The third kappa shape index (κ3) is 2.62. The summed E-state index contributed by atoms with van der Waals surface area (Å²) in [4.78, 5) is 27.0. The maximum atomic E-state index is 12.3. The normalized spacial score (nSPS) is 10.9. The summed E-state index contributed by atoms with van der Waals surface area (Å²) in [7, 11) is 1.61. The highest BCUT2D eigenvalue weighted by molar-refractivity contribution is 7.17. The molecule has 3 aromatic rings. The van der Waals surface area contributed by atoms with Crippen LogP contribution in [0.3, 0.4) is 0 Å². The summed E-state index contributed by atoms with van der Waals surface area (Å²) in [5.41, 5.74) is 1.03. The molecule has 0 aliphatic carbocycles. The number of rotatable bonds is 4. The summed E-state index contributed by atoms with van der Waals surface area (Å²) in [5, 5.41) is 1.80. The number of ether oxygens (including phenoxy) is 1. The predicted molar refractivity (Wildman–Crippen MR) is 83.4 cm³/mol. The summed E-state index contributed by atoms with van der Waals surface area (Å²) in [5.74, 6) is 0.766. The summed E-state index contributed by atoms with van der Waals surface area (Å²) in [6, 6.07) is 9.35. The first-order chi connectivity index (χ1) is 10.2. The molecule has 0 spiro atoms. The molecule has 0 atom stereocenters. The number of hydrogen-bond donors (Lipinski definition) is 1. The smallest absolute Gasteiger partial charge is 0.328 e. The Balaban J connectivity index is 1.91. The number of aromatic nitrogens is 2. The van der Waals surface area contributed by atoms with Crippen molar-refractivity contribution in [3.63, 3.8) is 0 Å². The lowest BCUT2D eigenvalue weighted by atomic mass is 10.1. The van der Waals surface area contributed by atoms with Crippen LogP contribution in [0.4, 0.5) is 0 Å². The zero-order chi connectivity index (χ0) is 14.8. The van der Waals surface area contributed by atoms with E-state index in [0.717, 1.165) is 11.3 Å². The Morgan fingerprint density at radius 3 is 2.95 bits per heavy atom. The lowest BCUT2D eigenvalue weighted by molar-refractivity contribution is 0.414. The molecule has 3 rings (SSSR count). The van der Waals surface area contributed by atoms with E-state index < -0.39 is 0 Å². The lowest BCUT2D eigenvalue weighted by Gasteiger charge is -2.06. The number of H-pyrrole nitrogens is 1. The number of methoxy groups -OCH3 is 1. The average molecular weight is 302 g/mol. The molecular formula is C15H14N2O3S. The van der Waals surface area contributed by atoms with Crippen molar-refractivity contribution < 1.29 is 4.74 Å². The van der Waals surface area contributed by atoms with Gasteiger partial charge in [0.1, 0.15) is 10.4 Å². The molecule has 0 amide bonds.